The molecule has 18 heavy (non-hydrogen) atoms. The van der Waals surface area contributed by atoms with Gasteiger partial charge in [-0.05, 0) is 46.9 Å². The quantitative estimate of drug-likeness (QED) is 0.554. The SMILES string of the molecule is COC(=O)C(CO)NS(=O)(=O)c1ccc(I)cc1. The van der Waals surface area contributed by atoms with Gasteiger partial charge >= 0.3 is 5.97 Å². The first-order valence-electron chi connectivity index (χ1n) is 4.87. The number of benzene rings is 1. The van der Waals surface area contributed by atoms with Gasteiger partial charge in [0.15, 0.2) is 0 Å². The summed E-state index contributed by atoms with van der Waals surface area (Å²) in [6.07, 6.45) is 0. The highest BCUT2D eigenvalue weighted by atomic mass is 127. The molecule has 0 aliphatic rings. The second-order valence-electron chi connectivity index (χ2n) is 3.33. The number of halogens is 1. The summed E-state index contributed by atoms with van der Waals surface area (Å²) < 4.78 is 31.1. The standard InChI is InChI=1S/C10H12INO5S/c1-17-10(14)9(6-13)12-18(15,16)8-4-2-7(11)3-5-8/h2-5,9,12-13H,6H2,1H3. The molecule has 8 heteroatoms. The van der Waals surface area contributed by atoms with E-state index in [4.69, 9.17) is 5.11 Å². The zero-order valence-electron chi connectivity index (χ0n) is 9.46. The Morgan fingerprint density at radius 1 is 1.44 bits per heavy atom. The monoisotopic (exact) mass is 385 g/mol. The first kappa shape index (κ1) is 15.3. The van der Waals surface area contributed by atoms with Crippen LogP contribution in [0.1, 0.15) is 0 Å². The maximum Gasteiger partial charge on any atom is 0.326 e. The van der Waals surface area contributed by atoms with Gasteiger partial charge < -0.3 is 9.84 Å². The molecule has 1 atom stereocenters. The van der Waals surface area contributed by atoms with Gasteiger partial charge in [-0.3, -0.25) is 4.79 Å². The van der Waals surface area contributed by atoms with Crippen molar-refractivity contribution in [2.45, 2.75) is 10.9 Å². The summed E-state index contributed by atoms with van der Waals surface area (Å²) in [6.45, 7) is -0.670. The highest BCUT2D eigenvalue weighted by Crippen LogP contribution is 2.12. The van der Waals surface area contributed by atoms with Crippen LogP contribution in [-0.2, 0) is 19.6 Å². The molecule has 100 valence electrons. The van der Waals surface area contributed by atoms with E-state index in [2.05, 4.69) is 9.46 Å². The van der Waals surface area contributed by atoms with Crippen LogP contribution in [0.4, 0.5) is 0 Å². The van der Waals surface area contributed by atoms with Crippen LogP contribution in [0, 0.1) is 3.57 Å². The van der Waals surface area contributed by atoms with Crippen molar-refractivity contribution in [2.75, 3.05) is 13.7 Å². The Morgan fingerprint density at radius 2 is 2.00 bits per heavy atom. The van der Waals surface area contributed by atoms with Crippen LogP contribution in [-0.4, -0.2) is 39.3 Å². The van der Waals surface area contributed by atoms with E-state index in [1.807, 2.05) is 22.6 Å². The first-order valence-corrected chi connectivity index (χ1v) is 7.43. The summed E-state index contributed by atoms with van der Waals surface area (Å²) in [4.78, 5) is 11.2. The summed E-state index contributed by atoms with van der Waals surface area (Å²) in [7, 11) is -2.74. The van der Waals surface area contributed by atoms with Crippen LogP contribution in [0.2, 0.25) is 0 Å². The minimum Gasteiger partial charge on any atom is -0.468 e. The van der Waals surface area contributed by atoms with Crippen LogP contribution >= 0.6 is 22.6 Å². The second-order valence-corrected chi connectivity index (χ2v) is 6.29. The van der Waals surface area contributed by atoms with Crippen molar-refractivity contribution in [2.24, 2.45) is 0 Å². The Hall–Kier alpha value is -0.710. The predicted molar refractivity (Wildman–Crippen MR) is 72.4 cm³/mol. The Kier molecular flexibility index (Phi) is 5.50. The number of sulfonamides is 1. The van der Waals surface area contributed by atoms with E-state index in [-0.39, 0.29) is 4.90 Å². The third kappa shape index (κ3) is 3.90. The lowest BCUT2D eigenvalue weighted by molar-refractivity contribution is -0.143. The molecule has 0 bridgehead atoms. The Labute approximate surface area is 119 Å². The van der Waals surface area contributed by atoms with Crippen molar-refractivity contribution >= 4 is 38.6 Å². The highest BCUT2D eigenvalue weighted by molar-refractivity contribution is 14.1. The molecule has 2 N–H and O–H groups in total. The lowest BCUT2D eigenvalue weighted by Gasteiger charge is -2.14. The molecule has 0 radical (unpaired) electrons. The molecule has 0 spiro atoms. The molecule has 1 rings (SSSR count). The average molecular weight is 385 g/mol. The Bertz CT molecular complexity index is 514. The van der Waals surface area contributed by atoms with E-state index in [0.29, 0.717) is 0 Å². The molecule has 6 nitrogen and oxygen atoms in total. The molecule has 0 aromatic heterocycles. The Morgan fingerprint density at radius 3 is 2.44 bits per heavy atom. The number of ether oxygens (including phenoxy) is 1. The van der Waals surface area contributed by atoms with Crippen molar-refractivity contribution in [1.82, 2.24) is 4.72 Å². The number of aliphatic hydroxyl groups excluding tert-OH is 1. The van der Waals surface area contributed by atoms with E-state index >= 15 is 0 Å². The van der Waals surface area contributed by atoms with Crippen LogP contribution in [0.3, 0.4) is 0 Å². The van der Waals surface area contributed by atoms with Gasteiger partial charge in [0, 0.05) is 3.57 Å². The molecule has 1 aromatic carbocycles. The van der Waals surface area contributed by atoms with Gasteiger partial charge in [0.2, 0.25) is 10.0 Å². The van der Waals surface area contributed by atoms with Gasteiger partial charge in [0.25, 0.3) is 0 Å². The van der Waals surface area contributed by atoms with E-state index in [9.17, 15) is 13.2 Å². The fourth-order valence-corrected chi connectivity index (χ4v) is 2.71. The smallest absolute Gasteiger partial charge is 0.326 e. The summed E-state index contributed by atoms with van der Waals surface area (Å²) in [5, 5.41) is 8.95. The molecule has 0 aliphatic heterocycles. The number of nitrogens with one attached hydrogen (secondary N) is 1. The summed E-state index contributed by atoms with van der Waals surface area (Å²) >= 11 is 2.04. The number of methoxy groups -OCH3 is 1. The molecule has 0 aliphatic carbocycles. The molecule has 0 fully saturated rings. The number of hydrogen-bond donors (Lipinski definition) is 2. The molecular weight excluding hydrogens is 373 g/mol. The van der Waals surface area contributed by atoms with Crippen LogP contribution < -0.4 is 4.72 Å². The van der Waals surface area contributed by atoms with Crippen molar-refractivity contribution in [3.05, 3.63) is 27.8 Å². The van der Waals surface area contributed by atoms with Crippen LogP contribution in [0.25, 0.3) is 0 Å². The molecule has 0 amide bonds. The molecule has 0 heterocycles. The molecule has 0 saturated carbocycles. The first-order chi connectivity index (χ1) is 8.40. The number of carbonyl (C=O) groups excluding carboxylic acids is 1. The van der Waals surface area contributed by atoms with E-state index in [1.165, 1.54) is 12.1 Å². The summed E-state index contributed by atoms with van der Waals surface area (Å²) in [5.41, 5.74) is 0. The van der Waals surface area contributed by atoms with Crippen molar-refractivity contribution in [3.63, 3.8) is 0 Å². The van der Waals surface area contributed by atoms with E-state index in [0.717, 1.165) is 10.7 Å². The predicted octanol–water partition coefficient (Wildman–Crippen LogP) is 0.103. The molecule has 1 unspecified atom stereocenters. The number of hydrogen-bond acceptors (Lipinski definition) is 5. The van der Waals surface area contributed by atoms with Crippen LogP contribution in [0.5, 0.6) is 0 Å². The number of carbonyl (C=O) groups is 1. The third-order valence-corrected chi connectivity index (χ3v) is 4.30. The van der Waals surface area contributed by atoms with Crippen LogP contribution in [0.15, 0.2) is 29.2 Å². The van der Waals surface area contributed by atoms with Crippen molar-refractivity contribution in [3.8, 4) is 0 Å². The summed E-state index contributed by atoms with van der Waals surface area (Å²) in [6, 6.07) is 4.77. The number of rotatable bonds is 5. The maximum absolute atomic E-state index is 11.9. The zero-order chi connectivity index (χ0) is 13.8. The molecule has 0 saturated heterocycles. The lowest BCUT2D eigenvalue weighted by Crippen LogP contribution is -2.43. The zero-order valence-corrected chi connectivity index (χ0v) is 12.4. The fraction of sp³-hybridized carbons (Fsp3) is 0.300. The summed E-state index contributed by atoms with van der Waals surface area (Å²) in [5.74, 6) is -0.841. The minimum absolute atomic E-state index is 0.0188. The topological polar surface area (TPSA) is 92.7 Å². The molecule has 1 aromatic rings. The van der Waals surface area contributed by atoms with Gasteiger partial charge in [-0.25, -0.2) is 8.42 Å². The van der Waals surface area contributed by atoms with E-state index in [1.54, 1.807) is 12.1 Å². The number of esters is 1. The number of aliphatic hydroxyl groups is 1. The van der Waals surface area contributed by atoms with Crippen molar-refractivity contribution in [1.29, 1.82) is 0 Å². The van der Waals surface area contributed by atoms with Gasteiger partial charge in [0.05, 0.1) is 18.6 Å². The van der Waals surface area contributed by atoms with E-state index < -0.39 is 28.6 Å². The normalized spacial score (nSPS) is 13.1. The Balaban J connectivity index is 2.94. The van der Waals surface area contributed by atoms with Gasteiger partial charge in [-0.15, -0.1) is 0 Å². The molecular formula is C10H12INO5S. The van der Waals surface area contributed by atoms with Gasteiger partial charge in [0.1, 0.15) is 6.04 Å². The fourth-order valence-electron chi connectivity index (χ4n) is 1.17. The highest BCUT2D eigenvalue weighted by Gasteiger charge is 2.25. The maximum atomic E-state index is 11.9. The third-order valence-electron chi connectivity index (χ3n) is 2.09. The minimum atomic E-state index is -3.86. The lowest BCUT2D eigenvalue weighted by atomic mass is 10.3. The van der Waals surface area contributed by atoms with Gasteiger partial charge in [-0.2, -0.15) is 4.72 Å². The average Bonchev–Trinajstić information content (AvgIpc) is 2.35. The van der Waals surface area contributed by atoms with Crippen molar-refractivity contribution < 1.29 is 23.1 Å². The largest absolute Gasteiger partial charge is 0.468 e. The second kappa shape index (κ2) is 6.45. The van der Waals surface area contributed by atoms with Gasteiger partial charge in [-0.1, -0.05) is 0 Å².